The van der Waals surface area contributed by atoms with E-state index >= 15 is 0 Å². The monoisotopic (exact) mass is 292 g/mol. The van der Waals surface area contributed by atoms with E-state index in [-0.39, 0.29) is 23.0 Å². The molecule has 0 saturated heterocycles. The molecule has 18 heavy (non-hydrogen) atoms. The quantitative estimate of drug-likeness (QED) is 0.508. The van der Waals surface area contributed by atoms with Crippen molar-refractivity contribution >= 4 is 27.3 Å². The lowest BCUT2D eigenvalue weighted by Gasteiger charge is -2.08. The number of hydrogen-bond acceptors (Lipinski definition) is 4. The molecule has 0 aliphatic carbocycles. The molecular weight excluding hydrogens is 280 g/mol. The summed E-state index contributed by atoms with van der Waals surface area (Å²) in [4.78, 5) is 10.1. The van der Waals surface area contributed by atoms with E-state index < -0.39 is 14.9 Å². The van der Waals surface area contributed by atoms with Gasteiger partial charge in [-0.2, -0.15) is 0 Å². The molecule has 1 aromatic rings. The van der Waals surface area contributed by atoms with Crippen molar-refractivity contribution in [2.24, 2.45) is 0 Å². The minimum absolute atomic E-state index is 0.0740. The van der Waals surface area contributed by atoms with Crippen molar-refractivity contribution in [3.05, 3.63) is 33.4 Å². The maximum Gasteiger partial charge on any atom is 0.273 e. The predicted molar refractivity (Wildman–Crippen MR) is 68.5 cm³/mol. The molecule has 0 spiro atoms. The van der Waals surface area contributed by atoms with Crippen molar-refractivity contribution in [2.45, 2.75) is 18.7 Å². The van der Waals surface area contributed by atoms with E-state index in [1.165, 1.54) is 6.07 Å². The molecule has 0 saturated carbocycles. The molecular formula is C10H13ClN2O4S. The van der Waals surface area contributed by atoms with Gasteiger partial charge in [-0.15, -0.1) is 11.6 Å². The first kappa shape index (κ1) is 14.9. The van der Waals surface area contributed by atoms with E-state index in [1.54, 1.807) is 13.8 Å². The van der Waals surface area contributed by atoms with Crippen LogP contribution in [0, 0.1) is 24.0 Å². The van der Waals surface area contributed by atoms with Crippen molar-refractivity contribution in [3.8, 4) is 0 Å². The number of hydrogen-bond donors (Lipinski definition) is 1. The SMILES string of the molecule is Cc1cc(S(=O)(=O)NCCCl)cc([N+](=O)[O-])c1C. The minimum Gasteiger partial charge on any atom is -0.258 e. The highest BCUT2D eigenvalue weighted by Gasteiger charge is 2.21. The molecule has 0 atom stereocenters. The molecule has 0 fully saturated rings. The normalized spacial score (nSPS) is 11.5. The van der Waals surface area contributed by atoms with E-state index in [2.05, 4.69) is 4.72 Å². The Labute approximate surface area is 110 Å². The van der Waals surface area contributed by atoms with Crippen molar-refractivity contribution in [3.63, 3.8) is 0 Å². The van der Waals surface area contributed by atoms with Crippen LogP contribution in [0.3, 0.4) is 0 Å². The average molecular weight is 293 g/mol. The highest BCUT2D eigenvalue weighted by Crippen LogP contribution is 2.25. The maximum atomic E-state index is 11.8. The van der Waals surface area contributed by atoms with Gasteiger partial charge in [0.2, 0.25) is 10.0 Å². The molecule has 1 N–H and O–H groups in total. The van der Waals surface area contributed by atoms with Crippen LogP contribution in [0.2, 0.25) is 0 Å². The zero-order valence-corrected chi connectivity index (χ0v) is 11.5. The zero-order valence-electron chi connectivity index (χ0n) is 9.94. The maximum absolute atomic E-state index is 11.8. The smallest absolute Gasteiger partial charge is 0.258 e. The standard InChI is InChI=1S/C10H13ClN2O4S/c1-7-5-9(18(16,17)12-4-3-11)6-10(8(7)2)13(14)15/h5-6,12H,3-4H2,1-2H3. The van der Waals surface area contributed by atoms with Crippen molar-refractivity contribution in [1.29, 1.82) is 0 Å². The van der Waals surface area contributed by atoms with E-state index in [0.717, 1.165) is 6.07 Å². The summed E-state index contributed by atoms with van der Waals surface area (Å²) in [6.45, 7) is 3.28. The molecule has 0 heterocycles. The number of benzene rings is 1. The first-order valence-electron chi connectivity index (χ1n) is 5.11. The summed E-state index contributed by atoms with van der Waals surface area (Å²) >= 11 is 5.40. The van der Waals surface area contributed by atoms with Crippen molar-refractivity contribution < 1.29 is 13.3 Å². The van der Waals surface area contributed by atoms with Gasteiger partial charge in [-0.25, -0.2) is 13.1 Å². The van der Waals surface area contributed by atoms with Gasteiger partial charge in [0.1, 0.15) is 0 Å². The number of aryl methyl sites for hydroxylation is 1. The van der Waals surface area contributed by atoms with Crippen LogP contribution >= 0.6 is 11.6 Å². The number of nitrogens with one attached hydrogen (secondary N) is 1. The molecule has 0 aromatic heterocycles. The van der Waals surface area contributed by atoms with Gasteiger partial charge in [-0.3, -0.25) is 10.1 Å². The minimum atomic E-state index is -3.76. The summed E-state index contributed by atoms with van der Waals surface area (Å²) in [6, 6.07) is 2.46. The summed E-state index contributed by atoms with van der Waals surface area (Å²) < 4.78 is 25.9. The molecule has 6 nitrogen and oxygen atoms in total. The Bertz CT molecular complexity index is 571. The molecule has 0 aliphatic heterocycles. The summed E-state index contributed by atoms with van der Waals surface area (Å²) in [5.74, 6) is 0.131. The van der Waals surface area contributed by atoms with Gasteiger partial charge >= 0.3 is 0 Å². The lowest BCUT2D eigenvalue weighted by atomic mass is 10.1. The second-order valence-corrected chi connectivity index (χ2v) is 5.87. The van der Waals surface area contributed by atoms with Crippen LogP contribution in [-0.2, 0) is 10.0 Å². The lowest BCUT2D eigenvalue weighted by Crippen LogP contribution is -2.25. The van der Waals surface area contributed by atoms with E-state index in [0.29, 0.717) is 11.1 Å². The average Bonchev–Trinajstić information content (AvgIpc) is 2.29. The van der Waals surface area contributed by atoms with Crippen LogP contribution < -0.4 is 4.72 Å². The van der Waals surface area contributed by atoms with Crippen LogP contribution in [0.15, 0.2) is 17.0 Å². The van der Waals surface area contributed by atoms with Gasteiger partial charge < -0.3 is 0 Å². The van der Waals surface area contributed by atoms with Gasteiger partial charge in [0.05, 0.1) is 9.82 Å². The predicted octanol–water partition coefficient (Wildman–Crippen LogP) is 1.73. The third-order valence-electron chi connectivity index (χ3n) is 2.51. The molecule has 0 amide bonds. The van der Waals surface area contributed by atoms with E-state index in [1.807, 2.05) is 0 Å². The van der Waals surface area contributed by atoms with E-state index in [4.69, 9.17) is 11.6 Å². The van der Waals surface area contributed by atoms with Crippen LogP contribution in [0.1, 0.15) is 11.1 Å². The van der Waals surface area contributed by atoms with Gasteiger partial charge in [0.15, 0.2) is 0 Å². The third-order valence-corrected chi connectivity index (χ3v) is 4.14. The second kappa shape index (κ2) is 5.64. The number of alkyl halides is 1. The highest BCUT2D eigenvalue weighted by atomic mass is 35.5. The van der Waals surface area contributed by atoms with Crippen LogP contribution in [0.5, 0.6) is 0 Å². The Kier molecular flexibility index (Phi) is 4.66. The van der Waals surface area contributed by atoms with Crippen LogP contribution in [0.4, 0.5) is 5.69 Å². The third kappa shape index (κ3) is 3.18. The van der Waals surface area contributed by atoms with Crippen molar-refractivity contribution in [2.75, 3.05) is 12.4 Å². The summed E-state index contributed by atoms with van der Waals surface area (Å²) in [7, 11) is -3.76. The fourth-order valence-corrected chi connectivity index (χ4v) is 2.75. The number of nitro benzene ring substituents is 1. The second-order valence-electron chi connectivity index (χ2n) is 3.73. The number of rotatable bonds is 5. The van der Waals surface area contributed by atoms with E-state index in [9.17, 15) is 18.5 Å². The van der Waals surface area contributed by atoms with Gasteiger partial charge in [0, 0.05) is 24.1 Å². The number of sulfonamides is 1. The summed E-state index contributed by atoms with van der Waals surface area (Å²) in [6.07, 6.45) is 0. The highest BCUT2D eigenvalue weighted by molar-refractivity contribution is 7.89. The molecule has 0 unspecified atom stereocenters. The Morgan fingerprint density at radius 3 is 2.50 bits per heavy atom. The van der Waals surface area contributed by atoms with Crippen LogP contribution in [0.25, 0.3) is 0 Å². The Morgan fingerprint density at radius 2 is 2.00 bits per heavy atom. The molecule has 0 aliphatic rings. The Morgan fingerprint density at radius 1 is 1.39 bits per heavy atom. The number of halogens is 1. The van der Waals surface area contributed by atoms with Gasteiger partial charge in [-0.05, 0) is 25.5 Å². The topological polar surface area (TPSA) is 89.3 Å². The van der Waals surface area contributed by atoms with Gasteiger partial charge in [0.25, 0.3) is 5.69 Å². The molecule has 8 heteroatoms. The van der Waals surface area contributed by atoms with Gasteiger partial charge in [-0.1, -0.05) is 0 Å². The first-order chi connectivity index (χ1) is 8.29. The first-order valence-corrected chi connectivity index (χ1v) is 7.12. The molecule has 1 rings (SSSR count). The molecule has 0 bridgehead atoms. The lowest BCUT2D eigenvalue weighted by molar-refractivity contribution is -0.385. The fourth-order valence-electron chi connectivity index (χ4n) is 1.41. The summed E-state index contributed by atoms with van der Waals surface area (Å²) in [5.41, 5.74) is 0.799. The summed E-state index contributed by atoms with van der Waals surface area (Å²) in [5, 5.41) is 10.8. The number of nitro groups is 1. The molecule has 1 aromatic carbocycles. The molecule has 100 valence electrons. The Balaban J connectivity index is 3.31. The largest absolute Gasteiger partial charge is 0.273 e. The zero-order chi connectivity index (χ0) is 13.9. The fraction of sp³-hybridized carbons (Fsp3) is 0.400. The van der Waals surface area contributed by atoms with Crippen molar-refractivity contribution in [1.82, 2.24) is 4.72 Å². The van der Waals surface area contributed by atoms with Crippen LogP contribution in [-0.4, -0.2) is 25.8 Å². The molecule has 0 radical (unpaired) electrons. The Hall–Kier alpha value is -1.18. The number of nitrogens with zero attached hydrogens (tertiary/aromatic N) is 1.